The smallest absolute Gasteiger partial charge is 0.126 e. The van der Waals surface area contributed by atoms with Gasteiger partial charge in [-0.3, -0.25) is 0 Å². The van der Waals surface area contributed by atoms with Crippen molar-refractivity contribution in [1.29, 1.82) is 0 Å². The van der Waals surface area contributed by atoms with Gasteiger partial charge in [-0.2, -0.15) is 0 Å². The molecule has 1 unspecified atom stereocenters. The summed E-state index contributed by atoms with van der Waals surface area (Å²) in [6, 6.07) is 5.12. The third kappa shape index (κ3) is 2.89. The molecule has 2 rings (SSSR count). The molecule has 1 saturated carbocycles. The third-order valence-corrected chi connectivity index (χ3v) is 4.58. The van der Waals surface area contributed by atoms with Gasteiger partial charge in [-0.15, -0.1) is 0 Å². The minimum Gasteiger partial charge on any atom is -0.327 e. The van der Waals surface area contributed by atoms with Crippen LogP contribution in [-0.4, -0.2) is 6.04 Å². The number of hydrogen-bond donors (Lipinski definition) is 1. The Morgan fingerprint density at radius 1 is 1.41 bits per heavy atom. The van der Waals surface area contributed by atoms with E-state index in [1.165, 1.54) is 31.7 Å². The van der Waals surface area contributed by atoms with E-state index in [1.807, 2.05) is 6.07 Å². The lowest BCUT2D eigenvalue weighted by molar-refractivity contribution is 0.259. The molecule has 0 bridgehead atoms. The van der Waals surface area contributed by atoms with E-state index >= 15 is 0 Å². The molecule has 0 aliphatic heterocycles. The number of hydrogen-bond acceptors (Lipinski definition) is 1. The number of nitrogens with two attached hydrogens (primary N) is 1. The van der Waals surface area contributed by atoms with Crippen molar-refractivity contribution in [3.8, 4) is 0 Å². The second-order valence-electron chi connectivity index (χ2n) is 5.41. The minimum atomic E-state index is -0.148. The van der Waals surface area contributed by atoms with Crippen LogP contribution in [0.5, 0.6) is 0 Å². The molecule has 0 spiro atoms. The summed E-state index contributed by atoms with van der Waals surface area (Å²) >= 11 is 3.38. The Kier molecular flexibility index (Phi) is 3.88. The van der Waals surface area contributed by atoms with Gasteiger partial charge in [0.15, 0.2) is 0 Å². The molecule has 2 N–H and O–H groups in total. The van der Waals surface area contributed by atoms with Crippen LogP contribution < -0.4 is 5.73 Å². The molecule has 1 fully saturated rings. The van der Waals surface area contributed by atoms with Crippen LogP contribution in [-0.2, 0) is 6.42 Å². The van der Waals surface area contributed by atoms with Gasteiger partial charge in [0, 0.05) is 10.5 Å². The van der Waals surface area contributed by atoms with Gasteiger partial charge in [-0.1, -0.05) is 35.7 Å². The molecule has 1 aliphatic rings. The van der Waals surface area contributed by atoms with Gasteiger partial charge >= 0.3 is 0 Å². The highest BCUT2D eigenvalue weighted by molar-refractivity contribution is 9.10. The Morgan fingerprint density at radius 2 is 2.06 bits per heavy atom. The molecule has 0 saturated heterocycles. The lowest BCUT2D eigenvalue weighted by Crippen LogP contribution is -2.39. The van der Waals surface area contributed by atoms with Crippen molar-refractivity contribution >= 4 is 15.9 Å². The van der Waals surface area contributed by atoms with Crippen molar-refractivity contribution in [1.82, 2.24) is 0 Å². The summed E-state index contributed by atoms with van der Waals surface area (Å²) in [6.07, 6.45) is 5.48. The predicted octanol–water partition coefficient (Wildman–Crippen LogP) is 4.04. The van der Waals surface area contributed by atoms with Gasteiger partial charge in [0.1, 0.15) is 5.82 Å². The summed E-state index contributed by atoms with van der Waals surface area (Å²) in [5.41, 5.74) is 7.19. The zero-order valence-corrected chi connectivity index (χ0v) is 11.8. The first kappa shape index (κ1) is 13.0. The van der Waals surface area contributed by atoms with E-state index in [0.717, 1.165) is 10.0 Å². The van der Waals surface area contributed by atoms with Crippen LogP contribution in [0, 0.1) is 11.2 Å². The largest absolute Gasteiger partial charge is 0.327 e. The molecule has 1 aromatic carbocycles. The second-order valence-corrected chi connectivity index (χ2v) is 6.32. The normalized spacial score (nSPS) is 20.5. The molecular weight excluding hydrogens is 281 g/mol. The van der Waals surface area contributed by atoms with E-state index in [4.69, 9.17) is 5.73 Å². The van der Waals surface area contributed by atoms with Gasteiger partial charge in [0.2, 0.25) is 0 Å². The summed E-state index contributed by atoms with van der Waals surface area (Å²) < 4.78 is 14.6. The summed E-state index contributed by atoms with van der Waals surface area (Å²) in [5.74, 6) is -0.148. The van der Waals surface area contributed by atoms with Crippen molar-refractivity contribution in [3.63, 3.8) is 0 Å². The van der Waals surface area contributed by atoms with E-state index in [1.54, 1.807) is 6.07 Å². The molecule has 17 heavy (non-hydrogen) atoms. The molecule has 0 radical (unpaired) electrons. The zero-order chi connectivity index (χ0) is 12.5. The molecule has 0 aromatic heterocycles. The minimum absolute atomic E-state index is 0.0498. The highest BCUT2D eigenvalue weighted by atomic mass is 79.9. The molecule has 94 valence electrons. The highest BCUT2D eigenvalue weighted by Gasteiger charge is 2.34. The SMILES string of the molecule is CC1(C(N)Cc2cc(Br)ccc2F)CCCC1. The quantitative estimate of drug-likeness (QED) is 0.896. The molecular formula is C14H19BrFN. The lowest BCUT2D eigenvalue weighted by Gasteiger charge is -2.31. The van der Waals surface area contributed by atoms with Crippen molar-refractivity contribution < 1.29 is 4.39 Å². The molecule has 0 heterocycles. The highest BCUT2D eigenvalue weighted by Crippen LogP contribution is 2.40. The molecule has 1 nitrogen and oxygen atoms in total. The van der Waals surface area contributed by atoms with Crippen LogP contribution in [0.2, 0.25) is 0 Å². The van der Waals surface area contributed by atoms with Gasteiger partial charge in [0.25, 0.3) is 0 Å². The van der Waals surface area contributed by atoms with Crippen LogP contribution >= 0.6 is 15.9 Å². The van der Waals surface area contributed by atoms with E-state index in [2.05, 4.69) is 22.9 Å². The standard InChI is InChI=1S/C14H19BrFN/c1-14(6-2-3-7-14)13(17)9-10-8-11(15)4-5-12(10)16/h4-5,8,13H,2-3,6-7,9,17H2,1H3. The number of benzene rings is 1. The Labute approximate surface area is 111 Å². The van der Waals surface area contributed by atoms with Crippen LogP contribution in [0.1, 0.15) is 38.2 Å². The van der Waals surface area contributed by atoms with Gasteiger partial charge in [0.05, 0.1) is 0 Å². The van der Waals surface area contributed by atoms with Gasteiger partial charge in [-0.25, -0.2) is 4.39 Å². The molecule has 0 amide bonds. The first-order chi connectivity index (χ1) is 8.01. The first-order valence-corrected chi connectivity index (χ1v) is 7.00. The third-order valence-electron chi connectivity index (χ3n) is 4.09. The number of rotatable bonds is 3. The van der Waals surface area contributed by atoms with Crippen molar-refractivity contribution in [3.05, 3.63) is 34.1 Å². The Hall–Kier alpha value is -0.410. The number of halogens is 2. The molecule has 3 heteroatoms. The monoisotopic (exact) mass is 299 g/mol. The summed E-state index contributed by atoms with van der Waals surface area (Å²) in [4.78, 5) is 0. The first-order valence-electron chi connectivity index (χ1n) is 6.21. The zero-order valence-electron chi connectivity index (χ0n) is 10.2. The average Bonchev–Trinajstić information content (AvgIpc) is 2.72. The molecule has 1 atom stereocenters. The predicted molar refractivity (Wildman–Crippen MR) is 72.4 cm³/mol. The van der Waals surface area contributed by atoms with Crippen LogP contribution in [0.3, 0.4) is 0 Å². The average molecular weight is 300 g/mol. The fraction of sp³-hybridized carbons (Fsp3) is 0.571. The van der Waals surface area contributed by atoms with E-state index < -0.39 is 0 Å². The maximum atomic E-state index is 13.7. The van der Waals surface area contributed by atoms with E-state index in [9.17, 15) is 4.39 Å². The molecule has 1 aliphatic carbocycles. The van der Waals surface area contributed by atoms with Crippen LogP contribution in [0.15, 0.2) is 22.7 Å². The van der Waals surface area contributed by atoms with Crippen LogP contribution in [0.4, 0.5) is 4.39 Å². The van der Waals surface area contributed by atoms with E-state index in [0.29, 0.717) is 6.42 Å². The summed E-state index contributed by atoms with van der Waals surface area (Å²) in [6.45, 7) is 2.24. The maximum absolute atomic E-state index is 13.7. The fourth-order valence-corrected chi connectivity index (χ4v) is 3.15. The Balaban J connectivity index is 2.12. The van der Waals surface area contributed by atoms with Gasteiger partial charge in [-0.05, 0) is 48.4 Å². The Bertz CT molecular complexity index is 399. The topological polar surface area (TPSA) is 26.0 Å². The van der Waals surface area contributed by atoms with Gasteiger partial charge < -0.3 is 5.73 Å². The summed E-state index contributed by atoms with van der Waals surface area (Å²) in [5, 5.41) is 0. The van der Waals surface area contributed by atoms with Crippen LogP contribution in [0.25, 0.3) is 0 Å². The summed E-state index contributed by atoms with van der Waals surface area (Å²) in [7, 11) is 0. The second kappa shape index (κ2) is 5.07. The Morgan fingerprint density at radius 3 is 2.71 bits per heavy atom. The molecule has 1 aromatic rings. The van der Waals surface area contributed by atoms with Crippen molar-refractivity contribution in [2.45, 2.75) is 45.1 Å². The van der Waals surface area contributed by atoms with Crippen molar-refractivity contribution in [2.24, 2.45) is 11.1 Å². The fourth-order valence-electron chi connectivity index (χ4n) is 2.74. The van der Waals surface area contributed by atoms with Crippen molar-refractivity contribution in [2.75, 3.05) is 0 Å². The van der Waals surface area contributed by atoms with E-state index in [-0.39, 0.29) is 17.3 Å². The lowest BCUT2D eigenvalue weighted by atomic mass is 9.78. The maximum Gasteiger partial charge on any atom is 0.126 e.